The summed E-state index contributed by atoms with van der Waals surface area (Å²) in [6, 6.07) is 6.61. The predicted octanol–water partition coefficient (Wildman–Crippen LogP) is 3.84. The van der Waals surface area contributed by atoms with Gasteiger partial charge in [-0.25, -0.2) is 0 Å². The number of aryl methyl sites for hydroxylation is 1. The van der Waals surface area contributed by atoms with Crippen molar-refractivity contribution in [3.8, 4) is 0 Å². The lowest BCUT2D eigenvalue weighted by Crippen LogP contribution is -2.41. The van der Waals surface area contributed by atoms with Gasteiger partial charge in [-0.05, 0) is 44.2 Å². The fraction of sp³-hybridized carbons (Fsp3) is 0.611. The molecule has 0 radical (unpaired) electrons. The molecule has 0 aromatic heterocycles. The summed E-state index contributed by atoms with van der Waals surface area (Å²) in [4.78, 5) is 15.1. The quantitative estimate of drug-likeness (QED) is 0.915. The van der Waals surface area contributed by atoms with Crippen LogP contribution < -0.4 is 5.32 Å². The van der Waals surface area contributed by atoms with Crippen LogP contribution in [0.25, 0.3) is 0 Å². The number of hydrogen-bond donors (Lipinski definition) is 1. The highest BCUT2D eigenvalue weighted by Gasteiger charge is 2.27. The Bertz CT molecular complexity index is 506. The Kier molecular flexibility index (Phi) is 4.47. The third kappa shape index (κ3) is 2.92. The van der Waals surface area contributed by atoms with Crippen molar-refractivity contribution >= 4 is 11.6 Å². The first-order valence-corrected chi connectivity index (χ1v) is 8.48. The number of para-hydroxylation sites is 1. The molecule has 1 heterocycles. The van der Waals surface area contributed by atoms with Crippen molar-refractivity contribution in [2.75, 3.05) is 18.4 Å². The molecule has 2 aliphatic rings. The average Bonchev–Trinajstić information content (AvgIpc) is 2.56. The van der Waals surface area contributed by atoms with Crippen molar-refractivity contribution in [2.45, 2.75) is 57.9 Å². The molecular weight excluding hydrogens is 260 g/mol. The highest BCUT2D eigenvalue weighted by Crippen LogP contribution is 2.29. The Hall–Kier alpha value is -1.51. The number of amides is 1. The number of nitrogens with zero attached hydrogens (tertiary/aromatic N) is 1. The van der Waals surface area contributed by atoms with Crippen molar-refractivity contribution in [3.05, 3.63) is 29.3 Å². The molecule has 3 heteroatoms. The zero-order valence-corrected chi connectivity index (χ0v) is 13.0. The molecule has 1 saturated carbocycles. The molecule has 0 bridgehead atoms. The van der Waals surface area contributed by atoms with E-state index in [1.807, 2.05) is 12.1 Å². The zero-order valence-electron chi connectivity index (χ0n) is 13.0. The lowest BCUT2D eigenvalue weighted by Gasteiger charge is -2.34. The normalized spacial score (nSPS) is 18.7. The van der Waals surface area contributed by atoms with Gasteiger partial charge in [0.25, 0.3) is 5.91 Å². The average molecular weight is 286 g/mol. The minimum atomic E-state index is 0.218. The van der Waals surface area contributed by atoms with Gasteiger partial charge < -0.3 is 10.2 Å². The van der Waals surface area contributed by atoms with E-state index in [1.54, 1.807) is 0 Å². The van der Waals surface area contributed by atoms with E-state index < -0.39 is 0 Å². The topological polar surface area (TPSA) is 32.3 Å². The molecule has 1 aliphatic heterocycles. The van der Waals surface area contributed by atoms with Crippen molar-refractivity contribution in [1.82, 2.24) is 4.90 Å². The Labute approximate surface area is 127 Å². The standard InChI is InChI=1S/C18H26N2O/c1-2-20(15-10-4-3-5-11-15)18(21)16-12-6-8-14-9-7-13-19-17(14)16/h6,8,12,15,19H,2-5,7,9-11,13H2,1H3. The first-order chi connectivity index (χ1) is 10.3. The number of nitrogens with one attached hydrogen (secondary N) is 1. The number of hydrogen-bond acceptors (Lipinski definition) is 2. The molecule has 0 spiro atoms. The van der Waals surface area contributed by atoms with Gasteiger partial charge in [-0.1, -0.05) is 31.4 Å². The largest absolute Gasteiger partial charge is 0.384 e. The monoisotopic (exact) mass is 286 g/mol. The summed E-state index contributed by atoms with van der Waals surface area (Å²) in [7, 11) is 0. The van der Waals surface area contributed by atoms with E-state index in [2.05, 4.69) is 23.2 Å². The van der Waals surface area contributed by atoms with Gasteiger partial charge in [-0.2, -0.15) is 0 Å². The van der Waals surface area contributed by atoms with E-state index in [4.69, 9.17) is 0 Å². The summed E-state index contributed by atoms with van der Waals surface area (Å²) in [5.74, 6) is 0.218. The van der Waals surface area contributed by atoms with Crippen LogP contribution >= 0.6 is 0 Å². The highest BCUT2D eigenvalue weighted by atomic mass is 16.2. The van der Waals surface area contributed by atoms with Gasteiger partial charge in [-0.3, -0.25) is 4.79 Å². The van der Waals surface area contributed by atoms with E-state index in [0.29, 0.717) is 6.04 Å². The van der Waals surface area contributed by atoms with Crippen LogP contribution in [0.2, 0.25) is 0 Å². The summed E-state index contributed by atoms with van der Waals surface area (Å²) in [6.07, 6.45) is 8.43. The summed E-state index contributed by atoms with van der Waals surface area (Å²) in [6.45, 7) is 3.90. The maximum absolute atomic E-state index is 13.0. The molecule has 3 nitrogen and oxygen atoms in total. The smallest absolute Gasteiger partial charge is 0.256 e. The molecule has 1 aromatic carbocycles. The lowest BCUT2D eigenvalue weighted by atomic mass is 9.93. The van der Waals surface area contributed by atoms with E-state index >= 15 is 0 Å². The van der Waals surface area contributed by atoms with Crippen molar-refractivity contribution in [2.24, 2.45) is 0 Å². The van der Waals surface area contributed by atoms with E-state index in [1.165, 1.54) is 37.7 Å². The van der Waals surface area contributed by atoms with Crippen LogP contribution in [0.3, 0.4) is 0 Å². The Balaban J connectivity index is 1.86. The molecule has 1 fully saturated rings. The summed E-state index contributed by atoms with van der Waals surface area (Å²) in [5.41, 5.74) is 3.26. The van der Waals surface area contributed by atoms with Crippen LogP contribution in [0, 0.1) is 0 Å². The Morgan fingerprint density at radius 1 is 1.24 bits per heavy atom. The molecule has 1 aromatic rings. The Morgan fingerprint density at radius 3 is 2.81 bits per heavy atom. The maximum Gasteiger partial charge on any atom is 0.256 e. The minimum Gasteiger partial charge on any atom is -0.384 e. The van der Waals surface area contributed by atoms with Crippen molar-refractivity contribution < 1.29 is 4.79 Å². The van der Waals surface area contributed by atoms with Gasteiger partial charge in [0.15, 0.2) is 0 Å². The third-order valence-corrected chi connectivity index (χ3v) is 4.92. The molecule has 114 valence electrons. The van der Waals surface area contributed by atoms with Gasteiger partial charge in [0.2, 0.25) is 0 Å². The zero-order chi connectivity index (χ0) is 14.7. The Morgan fingerprint density at radius 2 is 2.05 bits per heavy atom. The fourth-order valence-electron chi connectivity index (χ4n) is 3.80. The van der Waals surface area contributed by atoms with E-state index in [0.717, 1.165) is 37.2 Å². The fourth-order valence-corrected chi connectivity index (χ4v) is 3.80. The third-order valence-electron chi connectivity index (χ3n) is 4.92. The van der Waals surface area contributed by atoms with Crippen LogP contribution in [0.1, 0.15) is 61.4 Å². The van der Waals surface area contributed by atoms with Gasteiger partial charge >= 0.3 is 0 Å². The van der Waals surface area contributed by atoms with Crippen LogP contribution in [-0.4, -0.2) is 29.9 Å². The SMILES string of the molecule is CCN(C(=O)c1cccc2c1NCCC2)C1CCCCC1. The molecule has 1 aliphatic carbocycles. The molecule has 1 amide bonds. The van der Waals surface area contributed by atoms with Gasteiger partial charge in [0.1, 0.15) is 0 Å². The van der Waals surface area contributed by atoms with Crippen LogP contribution in [0.15, 0.2) is 18.2 Å². The molecule has 0 unspecified atom stereocenters. The maximum atomic E-state index is 13.0. The van der Waals surface area contributed by atoms with Gasteiger partial charge in [-0.15, -0.1) is 0 Å². The second kappa shape index (κ2) is 6.50. The molecule has 0 atom stereocenters. The van der Waals surface area contributed by atoms with Crippen LogP contribution in [0.4, 0.5) is 5.69 Å². The first kappa shape index (κ1) is 14.4. The predicted molar refractivity (Wildman–Crippen MR) is 86.8 cm³/mol. The van der Waals surface area contributed by atoms with Crippen LogP contribution in [0.5, 0.6) is 0 Å². The van der Waals surface area contributed by atoms with Gasteiger partial charge in [0.05, 0.1) is 11.3 Å². The summed E-state index contributed by atoms with van der Waals surface area (Å²) >= 11 is 0. The van der Waals surface area contributed by atoms with Crippen molar-refractivity contribution in [3.63, 3.8) is 0 Å². The number of rotatable bonds is 3. The van der Waals surface area contributed by atoms with Crippen molar-refractivity contribution in [1.29, 1.82) is 0 Å². The number of carbonyl (C=O) groups is 1. The molecular formula is C18H26N2O. The highest BCUT2D eigenvalue weighted by molar-refractivity contribution is 6.00. The first-order valence-electron chi connectivity index (χ1n) is 8.48. The van der Waals surface area contributed by atoms with E-state index in [-0.39, 0.29) is 5.91 Å². The minimum absolute atomic E-state index is 0.218. The summed E-state index contributed by atoms with van der Waals surface area (Å²) < 4.78 is 0. The second-order valence-electron chi connectivity index (χ2n) is 6.25. The van der Waals surface area contributed by atoms with Crippen LogP contribution in [-0.2, 0) is 6.42 Å². The van der Waals surface area contributed by atoms with Gasteiger partial charge in [0, 0.05) is 19.1 Å². The number of benzene rings is 1. The number of fused-ring (bicyclic) bond motifs is 1. The number of anilines is 1. The lowest BCUT2D eigenvalue weighted by molar-refractivity contribution is 0.0649. The summed E-state index contributed by atoms with van der Waals surface area (Å²) in [5, 5.41) is 3.45. The molecule has 1 N–H and O–H groups in total. The van der Waals surface area contributed by atoms with E-state index in [9.17, 15) is 4.79 Å². The molecule has 0 saturated heterocycles. The molecule has 3 rings (SSSR count). The second-order valence-corrected chi connectivity index (χ2v) is 6.25. The molecule has 21 heavy (non-hydrogen) atoms. The number of carbonyl (C=O) groups excluding carboxylic acids is 1.